The van der Waals surface area contributed by atoms with Crippen LogP contribution in [0.5, 0.6) is 5.75 Å². The molecule has 0 radical (unpaired) electrons. The molecule has 0 aliphatic rings. The van der Waals surface area contributed by atoms with E-state index in [9.17, 15) is 4.79 Å². The summed E-state index contributed by atoms with van der Waals surface area (Å²) < 4.78 is 5.65. The van der Waals surface area contributed by atoms with Crippen molar-refractivity contribution in [3.63, 3.8) is 0 Å². The predicted molar refractivity (Wildman–Crippen MR) is 81.9 cm³/mol. The lowest BCUT2D eigenvalue weighted by Gasteiger charge is -2.19. The molecule has 7 nitrogen and oxygen atoms in total. The second-order valence-electron chi connectivity index (χ2n) is 6.01. The maximum Gasteiger partial charge on any atom is 0.241 e. The van der Waals surface area contributed by atoms with Gasteiger partial charge in [0.05, 0.1) is 6.42 Å². The highest BCUT2D eigenvalue weighted by Gasteiger charge is 2.13. The van der Waals surface area contributed by atoms with Crippen molar-refractivity contribution in [2.75, 3.05) is 0 Å². The molecule has 118 valence electrons. The Labute approximate surface area is 129 Å². The summed E-state index contributed by atoms with van der Waals surface area (Å²) in [4.78, 5) is 15.3. The molecule has 0 unspecified atom stereocenters. The molecule has 2 rings (SSSR count). The summed E-state index contributed by atoms with van der Waals surface area (Å²) in [6.45, 7) is 6.75. The normalized spacial score (nSPS) is 11.3. The van der Waals surface area contributed by atoms with Gasteiger partial charge in [-0.1, -0.05) is 32.9 Å². The molecule has 0 atom stereocenters. The van der Waals surface area contributed by atoms with Crippen LogP contribution in [0, 0.1) is 0 Å². The molecule has 0 bridgehead atoms. The van der Waals surface area contributed by atoms with Crippen LogP contribution in [0.15, 0.2) is 24.3 Å². The van der Waals surface area contributed by atoms with E-state index >= 15 is 0 Å². The Morgan fingerprint density at radius 2 is 2.00 bits per heavy atom. The lowest BCUT2D eigenvalue weighted by atomic mass is 9.87. The van der Waals surface area contributed by atoms with Gasteiger partial charge in [0.1, 0.15) is 12.4 Å². The summed E-state index contributed by atoms with van der Waals surface area (Å²) in [6, 6.07) is 7.96. The quantitative estimate of drug-likeness (QED) is 0.437. The topological polar surface area (TPSA) is 106 Å². The summed E-state index contributed by atoms with van der Waals surface area (Å²) in [5.74, 6) is 6.36. The van der Waals surface area contributed by atoms with E-state index in [1.54, 1.807) is 0 Å². The van der Waals surface area contributed by atoms with E-state index in [2.05, 4.69) is 36.0 Å². The van der Waals surface area contributed by atoms with Crippen LogP contribution in [0.3, 0.4) is 0 Å². The number of ether oxygens (including phenoxy) is 1. The third-order valence-corrected chi connectivity index (χ3v) is 3.15. The molecule has 0 saturated heterocycles. The minimum atomic E-state index is -0.343. The van der Waals surface area contributed by atoms with E-state index in [0.717, 1.165) is 5.75 Å². The van der Waals surface area contributed by atoms with Crippen LogP contribution in [-0.2, 0) is 23.2 Å². The molecule has 4 N–H and O–H groups in total. The molecule has 0 spiro atoms. The number of hydrogen-bond acceptors (Lipinski definition) is 5. The highest BCUT2D eigenvalue weighted by Crippen LogP contribution is 2.24. The van der Waals surface area contributed by atoms with Gasteiger partial charge in [0.25, 0.3) is 0 Å². The van der Waals surface area contributed by atoms with E-state index in [-0.39, 0.29) is 24.3 Å². The van der Waals surface area contributed by atoms with Crippen molar-refractivity contribution < 1.29 is 9.53 Å². The van der Waals surface area contributed by atoms with Crippen LogP contribution in [-0.4, -0.2) is 21.1 Å². The van der Waals surface area contributed by atoms with Gasteiger partial charge >= 0.3 is 0 Å². The number of rotatable bonds is 5. The number of aromatic nitrogens is 3. The zero-order chi connectivity index (χ0) is 16.2. The smallest absolute Gasteiger partial charge is 0.241 e. The molecular formula is C15H21N5O2. The standard InChI is InChI=1S/C15H21N5O2/c1-15(2,3)10-4-6-11(7-5-10)22-9-13-17-12(19-20-13)8-14(21)18-16/h4-7H,8-9,16H2,1-3H3,(H,18,21)(H,17,19,20). The average molecular weight is 303 g/mol. The van der Waals surface area contributed by atoms with E-state index in [1.807, 2.05) is 29.7 Å². The number of hydrogen-bond donors (Lipinski definition) is 3. The first-order chi connectivity index (χ1) is 10.4. The average Bonchev–Trinajstić information content (AvgIpc) is 2.92. The molecule has 7 heteroatoms. The number of carbonyl (C=O) groups excluding carboxylic acids is 1. The van der Waals surface area contributed by atoms with Crippen LogP contribution in [0.1, 0.15) is 38.0 Å². The van der Waals surface area contributed by atoms with E-state index in [4.69, 9.17) is 10.6 Å². The number of hydrazine groups is 1. The lowest BCUT2D eigenvalue weighted by Crippen LogP contribution is -2.31. The summed E-state index contributed by atoms with van der Waals surface area (Å²) in [5.41, 5.74) is 3.39. The van der Waals surface area contributed by atoms with E-state index < -0.39 is 0 Å². The summed E-state index contributed by atoms with van der Waals surface area (Å²) in [5, 5.41) is 6.66. The van der Waals surface area contributed by atoms with Crippen LogP contribution in [0.4, 0.5) is 0 Å². The van der Waals surface area contributed by atoms with Gasteiger partial charge < -0.3 is 4.74 Å². The monoisotopic (exact) mass is 303 g/mol. The molecule has 1 aromatic heterocycles. The number of nitrogens with zero attached hydrogens (tertiary/aromatic N) is 2. The van der Waals surface area contributed by atoms with E-state index in [1.165, 1.54) is 5.56 Å². The molecule has 0 aliphatic carbocycles. The van der Waals surface area contributed by atoms with Gasteiger partial charge in [-0.2, -0.15) is 5.10 Å². The Morgan fingerprint density at radius 3 is 2.59 bits per heavy atom. The maximum atomic E-state index is 11.1. The van der Waals surface area contributed by atoms with Gasteiger partial charge in [-0.25, -0.2) is 10.8 Å². The summed E-state index contributed by atoms with van der Waals surface area (Å²) >= 11 is 0. The molecule has 22 heavy (non-hydrogen) atoms. The fourth-order valence-electron chi connectivity index (χ4n) is 1.88. The van der Waals surface area contributed by atoms with E-state index in [0.29, 0.717) is 11.6 Å². The second kappa shape index (κ2) is 6.57. The van der Waals surface area contributed by atoms with Crippen molar-refractivity contribution in [1.82, 2.24) is 20.6 Å². The zero-order valence-corrected chi connectivity index (χ0v) is 13.0. The predicted octanol–water partition coefficient (Wildman–Crippen LogP) is 1.21. The Bertz CT molecular complexity index is 628. The first-order valence-corrected chi connectivity index (χ1v) is 7.01. The van der Waals surface area contributed by atoms with Gasteiger partial charge in [0.2, 0.25) is 5.91 Å². The fraction of sp³-hybridized carbons (Fsp3) is 0.400. The Hall–Kier alpha value is -2.41. The van der Waals surface area contributed by atoms with Gasteiger partial charge in [-0.3, -0.25) is 15.3 Å². The third kappa shape index (κ3) is 4.29. The molecule has 1 heterocycles. The molecule has 1 amide bonds. The maximum absolute atomic E-state index is 11.1. The van der Waals surface area contributed by atoms with Gasteiger partial charge in [-0.05, 0) is 23.1 Å². The largest absolute Gasteiger partial charge is 0.486 e. The number of amides is 1. The highest BCUT2D eigenvalue weighted by atomic mass is 16.5. The minimum Gasteiger partial charge on any atom is -0.486 e. The van der Waals surface area contributed by atoms with Crippen molar-refractivity contribution in [3.05, 3.63) is 41.5 Å². The van der Waals surface area contributed by atoms with Crippen LogP contribution in [0.2, 0.25) is 0 Å². The molecular weight excluding hydrogens is 282 g/mol. The molecule has 0 saturated carbocycles. The summed E-state index contributed by atoms with van der Waals surface area (Å²) in [6.07, 6.45) is 0.0350. The SMILES string of the molecule is CC(C)(C)c1ccc(OCc2nc(CC(=O)NN)n[nH]2)cc1. The van der Waals surface area contributed by atoms with Crippen molar-refractivity contribution in [2.45, 2.75) is 39.2 Å². The second-order valence-corrected chi connectivity index (χ2v) is 6.01. The molecule has 2 aromatic rings. The fourth-order valence-corrected chi connectivity index (χ4v) is 1.88. The Balaban J connectivity index is 1.91. The number of nitrogens with one attached hydrogen (secondary N) is 2. The molecule has 0 aliphatic heterocycles. The van der Waals surface area contributed by atoms with Crippen molar-refractivity contribution in [1.29, 1.82) is 0 Å². The number of carbonyl (C=O) groups is 1. The molecule has 1 aromatic carbocycles. The van der Waals surface area contributed by atoms with Crippen LogP contribution >= 0.6 is 0 Å². The van der Waals surface area contributed by atoms with Gasteiger partial charge in [0.15, 0.2) is 11.6 Å². The number of nitrogens with two attached hydrogens (primary N) is 1. The van der Waals surface area contributed by atoms with Gasteiger partial charge in [0, 0.05) is 0 Å². The summed E-state index contributed by atoms with van der Waals surface area (Å²) in [7, 11) is 0. The van der Waals surface area contributed by atoms with Crippen molar-refractivity contribution in [3.8, 4) is 5.75 Å². The zero-order valence-electron chi connectivity index (χ0n) is 13.0. The van der Waals surface area contributed by atoms with Crippen LogP contribution in [0.25, 0.3) is 0 Å². The molecule has 0 fully saturated rings. The first kappa shape index (κ1) is 16.0. The van der Waals surface area contributed by atoms with Crippen LogP contribution < -0.4 is 16.0 Å². The third-order valence-electron chi connectivity index (χ3n) is 3.15. The highest BCUT2D eigenvalue weighted by molar-refractivity contribution is 5.76. The minimum absolute atomic E-state index is 0.0350. The first-order valence-electron chi connectivity index (χ1n) is 7.01. The Morgan fingerprint density at radius 1 is 1.32 bits per heavy atom. The van der Waals surface area contributed by atoms with Crippen molar-refractivity contribution in [2.24, 2.45) is 5.84 Å². The number of H-pyrrole nitrogens is 1. The number of benzene rings is 1. The lowest BCUT2D eigenvalue weighted by molar-refractivity contribution is -0.120. The van der Waals surface area contributed by atoms with Crippen molar-refractivity contribution >= 4 is 5.91 Å². The Kier molecular flexibility index (Phi) is 4.77. The van der Waals surface area contributed by atoms with Gasteiger partial charge in [-0.15, -0.1) is 0 Å². The number of aromatic amines is 1.